The number of aryl methyl sites for hydroxylation is 1. The van der Waals surface area contributed by atoms with Gasteiger partial charge in [0, 0.05) is 29.9 Å². The molecule has 0 spiro atoms. The summed E-state index contributed by atoms with van der Waals surface area (Å²) < 4.78 is 14.9. The minimum absolute atomic E-state index is 0.323. The first kappa shape index (κ1) is 14.0. The van der Waals surface area contributed by atoms with Crippen molar-refractivity contribution in [2.75, 3.05) is 0 Å². The number of nitrogens with two attached hydrogens (primary N) is 1. The lowest BCUT2D eigenvalue weighted by atomic mass is 10.0. The largest absolute Gasteiger partial charge is 0.324 e. The Kier molecular flexibility index (Phi) is 3.66. The lowest BCUT2D eigenvalue weighted by Crippen LogP contribution is -2.14. The molecular weight excluding hydrogens is 289 g/mol. The van der Waals surface area contributed by atoms with Gasteiger partial charge >= 0.3 is 0 Å². The molecule has 0 aliphatic heterocycles. The fourth-order valence-corrected chi connectivity index (χ4v) is 2.87. The molecule has 3 rings (SSSR count). The van der Waals surface area contributed by atoms with E-state index in [2.05, 4.69) is 5.10 Å². The zero-order valence-electron chi connectivity index (χ0n) is 11.6. The highest BCUT2D eigenvalue weighted by Crippen LogP contribution is 2.27. The Labute approximate surface area is 127 Å². The van der Waals surface area contributed by atoms with Crippen LogP contribution in [0.3, 0.4) is 0 Å². The Morgan fingerprint density at radius 1 is 1.29 bits per heavy atom. The first-order valence-corrected chi connectivity index (χ1v) is 7.05. The molecular formula is C16H15ClFN3. The Morgan fingerprint density at radius 2 is 2.05 bits per heavy atom. The number of halogens is 2. The summed E-state index contributed by atoms with van der Waals surface area (Å²) in [7, 11) is 1.90. The van der Waals surface area contributed by atoms with Gasteiger partial charge in [-0.1, -0.05) is 35.9 Å². The maximum atomic E-state index is 13.1. The SMILES string of the molecule is Cn1nc(CC(N)c2ccc(F)cc2Cl)c2ccccc21. The van der Waals surface area contributed by atoms with E-state index >= 15 is 0 Å². The molecule has 0 aliphatic rings. The number of para-hydroxylation sites is 1. The van der Waals surface area contributed by atoms with Crippen molar-refractivity contribution in [2.45, 2.75) is 12.5 Å². The van der Waals surface area contributed by atoms with Gasteiger partial charge in [-0.25, -0.2) is 4.39 Å². The highest BCUT2D eigenvalue weighted by molar-refractivity contribution is 6.31. The first-order valence-electron chi connectivity index (χ1n) is 6.67. The smallest absolute Gasteiger partial charge is 0.124 e. The number of benzene rings is 2. The zero-order chi connectivity index (χ0) is 15.0. The van der Waals surface area contributed by atoms with Crippen LogP contribution in [0.15, 0.2) is 42.5 Å². The number of aromatic nitrogens is 2. The van der Waals surface area contributed by atoms with Gasteiger partial charge in [-0.05, 0) is 23.8 Å². The van der Waals surface area contributed by atoms with E-state index in [1.807, 2.05) is 36.0 Å². The summed E-state index contributed by atoms with van der Waals surface area (Å²) in [6, 6.07) is 12.0. The topological polar surface area (TPSA) is 43.8 Å². The predicted molar refractivity (Wildman–Crippen MR) is 82.8 cm³/mol. The Balaban J connectivity index is 1.94. The van der Waals surface area contributed by atoms with E-state index in [-0.39, 0.29) is 11.9 Å². The number of hydrogen-bond donors (Lipinski definition) is 1. The predicted octanol–water partition coefficient (Wildman–Crippen LogP) is 3.61. The van der Waals surface area contributed by atoms with E-state index in [0.29, 0.717) is 11.4 Å². The van der Waals surface area contributed by atoms with Crippen molar-refractivity contribution in [1.29, 1.82) is 0 Å². The van der Waals surface area contributed by atoms with Crippen LogP contribution in [-0.4, -0.2) is 9.78 Å². The maximum Gasteiger partial charge on any atom is 0.124 e. The normalized spacial score (nSPS) is 12.8. The highest BCUT2D eigenvalue weighted by Gasteiger charge is 2.16. The van der Waals surface area contributed by atoms with Gasteiger partial charge in [0.1, 0.15) is 5.82 Å². The van der Waals surface area contributed by atoms with Crippen LogP contribution >= 0.6 is 11.6 Å². The van der Waals surface area contributed by atoms with Crippen molar-refractivity contribution in [3.63, 3.8) is 0 Å². The molecule has 1 heterocycles. The summed E-state index contributed by atoms with van der Waals surface area (Å²) in [4.78, 5) is 0. The van der Waals surface area contributed by atoms with Gasteiger partial charge in [-0.2, -0.15) is 5.10 Å². The number of nitrogens with zero attached hydrogens (tertiary/aromatic N) is 2. The average molecular weight is 304 g/mol. The summed E-state index contributed by atoms with van der Waals surface area (Å²) in [5.74, 6) is -0.362. The van der Waals surface area contributed by atoms with Crippen LogP contribution in [0, 0.1) is 5.82 Å². The van der Waals surface area contributed by atoms with Crippen molar-refractivity contribution in [2.24, 2.45) is 12.8 Å². The van der Waals surface area contributed by atoms with Crippen LogP contribution < -0.4 is 5.73 Å². The van der Waals surface area contributed by atoms with Gasteiger partial charge in [-0.15, -0.1) is 0 Å². The fourth-order valence-electron chi connectivity index (χ4n) is 2.56. The monoisotopic (exact) mass is 303 g/mol. The lowest BCUT2D eigenvalue weighted by Gasteiger charge is -2.12. The van der Waals surface area contributed by atoms with Crippen LogP contribution in [0.25, 0.3) is 10.9 Å². The summed E-state index contributed by atoms with van der Waals surface area (Å²) >= 11 is 6.07. The van der Waals surface area contributed by atoms with Crippen molar-refractivity contribution in [3.05, 3.63) is 64.6 Å². The molecule has 0 amide bonds. The van der Waals surface area contributed by atoms with Crippen molar-refractivity contribution < 1.29 is 4.39 Å². The molecule has 1 atom stereocenters. The van der Waals surface area contributed by atoms with E-state index in [1.165, 1.54) is 12.1 Å². The number of rotatable bonds is 3. The second-order valence-corrected chi connectivity index (χ2v) is 5.47. The van der Waals surface area contributed by atoms with Crippen LogP contribution in [0.2, 0.25) is 5.02 Å². The molecule has 2 N–H and O–H groups in total. The van der Waals surface area contributed by atoms with E-state index < -0.39 is 0 Å². The van der Waals surface area contributed by atoms with Gasteiger partial charge in [0.05, 0.1) is 11.2 Å². The van der Waals surface area contributed by atoms with Gasteiger partial charge in [0.2, 0.25) is 0 Å². The molecule has 1 unspecified atom stereocenters. The van der Waals surface area contributed by atoms with Gasteiger partial charge in [-0.3, -0.25) is 4.68 Å². The third-order valence-corrected chi connectivity index (χ3v) is 3.94. The minimum atomic E-state index is -0.362. The lowest BCUT2D eigenvalue weighted by molar-refractivity contribution is 0.623. The van der Waals surface area contributed by atoms with Gasteiger partial charge < -0.3 is 5.73 Å². The molecule has 108 valence electrons. The third kappa shape index (κ3) is 2.64. The quantitative estimate of drug-likeness (QED) is 0.803. The molecule has 21 heavy (non-hydrogen) atoms. The first-order chi connectivity index (χ1) is 10.1. The van der Waals surface area contributed by atoms with Crippen molar-refractivity contribution in [3.8, 4) is 0 Å². The van der Waals surface area contributed by atoms with Crippen molar-refractivity contribution >= 4 is 22.5 Å². The second kappa shape index (κ2) is 5.47. The number of fused-ring (bicyclic) bond motifs is 1. The van der Waals surface area contributed by atoms with Gasteiger partial charge in [0.25, 0.3) is 0 Å². The molecule has 0 radical (unpaired) electrons. The number of hydrogen-bond acceptors (Lipinski definition) is 2. The standard InChI is InChI=1S/C16H15ClFN3/c1-21-16-5-3-2-4-12(16)15(20-21)9-14(19)11-7-6-10(18)8-13(11)17/h2-8,14H,9,19H2,1H3. The molecule has 1 aromatic heterocycles. The Bertz CT molecular complexity index is 797. The summed E-state index contributed by atoms with van der Waals surface area (Å²) in [6.45, 7) is 0. The fraction of sp³-hybridized carbons (Fsp3) is 0.188. The second-order valence-electron chi connectivity index (χ2n) is 5.06. The van der Waals surface area contributed by atoms with E-state index in [9.17, 15) is 4.39 Å². The Hall–Kier alpha value is -1.91. The molecule has 0 bridgehead atoms. The minimum Gasteiger partial charge on any atom is -0.324 e. The Morgan fingerprint density at radius 3 is 2.81 bits per heavy atom. The molecule has 0 aliphatic carbocycles. The van der Waals surface area contributed by atoms with E-state index in [0.717, 1.165) is 22.2 Å². The van der Waals surface area contributed by atoms with Gasteiger partial charge in [0.15, 0.2) is 0 Å². The van der Waals surface area contributed by atoms with Crippen LogP contribution in [0.5, 0.6) is 0 Å². The molecule has 0 saturated heterocycles. The summed E-state index contributed by atoms with van der Waals surface area (Å²) in [5, 5.41) is 5.95. The molecule has 0 saturated carbocycles. The third-order valence-electron chi connectivity index (χ3n) is 3.61. The molecule has 3 aromatic rings. The van der Waals surface area contributed by atoms with E-state index in [1.54, 1.807) is 6.07 Å². The molecule has 2 aromatic carbocycles. The summed E-state index contributed by atoms with van der Waals surface area (Å²) in [5.41, 5.74) is 8.93. The zero-order valence-corrected chi connectivity index (χ0v) is 12.3. The van der Waals surface area contributed by atoms with Crippen molar-refractivity contribution in [1.82, 2.24) is 9.78 Å². The highest BCUT2D eigenvalue weighted by atomic mass is 35.5. The van der Waals surface area contributed by atoms with Crippen LogP contribution in [-0.2, 0) is 13.5 Å². The molecule has 0 fully saturated rings. The molecule has 5 heteroatoms. The average Bonchev–Trinajstić information content (AvgIpc) is 2.76. The summed E-state index contributed by atoms with van der Waals surface area (Å²) in [6.07, 6.45) is 0.548. The molecule has 3 nitrogen and oxygen atoms in total. The maximum absolute atomic E-state index is 13.1. The van der Waals surface area contributed by atoms with Crippen LogP contribution in [0.1, 0.15) is 17.3 Å². The van der Waals surface area contributed by atoms with E-state index in [4.69, 9.17) is 17.3 Å². The van der Waals surface area contributed by atoms with Crippen LogP contribution in [0.4, 0.5) is 4.39 Å².